The van der Waals surface area contributed by atoms with E-state index in [4.69, 9.17) is 5.73 Å². The Kier molecular flexibility index (Phi) is 3.22. The van der Waals surface area contributed by atoms with Crippen molar-refractivity contribution in [1.82, 2.24) is 15.2 Å². The van der Waals surface area contributed by atoms with Crippen LogP contribution < -0.4 is 5.73 Å². The highest BCUT2D eigenvalue weighted by Gasteiger charge is 2.06. The average molecular weight is 168 g/mol. The van der Waals surface area contributed by atoms with Crippen LogP contribution in [0.5, 0.6) is 0 Å². The van der Waals surface area contributed by atoms with Gasteiger partial charge in [0.1, 0.15) is 5.82 Å². The van der Waals surface area contributed by atoms with Crippen molar-refractivity contribution in [2.45, 2.75) is 39.2 Å². The molecule has 0 aliphatic carbocycles. The van der Waals surface area contributed by atoms with Gasteiger partial charge in [-0.15, -0.1) is 0 Å². The average Bonchev–Trinajstić information content (AvgIpc) is 2.36. The summed E-state index contributed by atoms with van der Waals surface area (Å²) in [4.78, 5) is 4.19. The van der Waals surface area contributed by atoms with Crippen molar-refractivity contribution in [3.05, 3.63) is 11.6 Å². The number of nitrogens with one attached hydrogen (secondary N) is 1. The van der Waals surface area contributed by atoms with Crippen LogP contribution in [0.1, 0.15) is 31.4 Å². The van der Waals surface area contributed by atoms with Gasteiger partial charge < -0.3 is 5.73 Å². The van der Waals surface area contributed by atoms with E-state index in [2.05, 4.69) is 22.1 Å². The van der Waals surface area contributed by atoms with Crippen molar-refractivity contribution >= 4 is 0 Å². The second kappa shape index (κ2) is 4.21. The van der Waals surface area contributed by atoms with Gasteiger partial charge in [-0.25, -0.2) is 4.98 Å². The summed E-state index contributed by atoms with van der Waals surface area (Å²) in [7, 11) is 0. The molecule has 0 amide bonds. The first-order chi connectivity index (χ1) is 5.72. The quantitative estimate of drug-likeness (QED) is 0.698. The summed E-state index contributed by atoms with van der Waals surface area (Å²) in [6.07, 6.45) is 2.93. The first-order valence-electron chi connectivity index (χ1n) is 4.35. The van der Waals surface area contributed by atoms with E-state index in [-0.39, 0.29) is 6.04 Å². The van der Waals surface area contributed by atoms with Crippen molar-refractivity contribution in [3.8, 4) is 0 Å². The number of aryl methyl sites for hydroxylation is 1. The fraction of sp³-hybridized carbons (Fsp3) is 0.750. The van der Waals surface area contributed by atoms with E-state index >= 15 is 0 Å². The minimum Gasteiger partial charge on any atom is -0.327 e. The Morgan fingerprint density at radius 1 is 1.58 bits per heavy atom. The molecule has 0 spiro atoms. The molecular weight excluding hydrogens is 152 g/mol. The maximum absolute atomic E-state index is 5.83. The lowest BCUT2D eigenvalue weighted by Crippen LogP contribution is -2.22. The molecule has 0 aliphatic heterocycles. The zero-order valence-corrected chi connectivity index (χ0v) is 7.67. The molecule has 1 rings (SSSR count). The summed E-state index contributed by atoms with van der Waals surface area (Å²) in [5, 5.41) is 6.82. The van der Waals surface area contributed by atoms with Crippen LogP contribution in [-0.2, 0) is 6.42 Å². The molecule has 0 bridgehead atoms. The molecule has 0 saturated carbocycles. The van der Waals surface area contributed by atoms with Crippen LogP contribution in [0, 0.1) is 6.92 Å². The fourth-order valence-corrected chi connectivity index (χ4v) is 1.19. The lowest BCUT2D eigenvalue weighted by Gasteiger charge is -2.05. The first-order valence-corrected chi connectivity index (χ1v) is 4.35. The third-order valence-electron chi connectivity index (χ3n) is 1.75. The highest BCUT2D eigenvalue weighted by molar-refractivity contribution is 4.90. The summed E-state index contributed by atoms with van der Waals surface area (Å²) < 4.78 is 0. The van der Waals surface area contributed by atoms with Gasteiger partial charge in [0.05, 0.1) is 0 Å². The van der Waals surface area contributed by atoms with Crippen LogP contribution in [0.25, 0.3) is 0 Å². The third-order valence-corrected chi connectivity index (χ3v) is 1.75. The number of nitrogens with two attached hydrogens (primary N) is 1. The largest absolute Gasteiger partial charge is 0.327 e. The van der Waals surface area contributed by atoms with E-state index < -0.39 is 0 Å². The fourth-order valence-electron chi connectivity index (χ4n) is 1.19. The van der Waals surface area contributed by atoms with Gasteiger partial charge in [0, 0.05) is 12.5 Å². The Balaban J connectivity index is 2.41. The molecule has 3 N–H and O–H groups in total. The molecule has 0 aromatic carbocycles. The topological polar surface area (TPSA) is 67.6 Å². The Morgan fingerprint density at radius 2 is 2.33 bits per heavy atom. The lowest BCUT2D eigenvalue weighted by atomic mass is 10.1. The van der Waals surface area contributed by atoms with E-state index in [1.54, 1.807) is 0 Å². The van der Waals surface area contributed by atoms with Crippen molar-refractivity contribution in [3.63, 3.8) is 0 Å². The van der Waals surface area contributed by atoms with Crippen molar-refractivity contribution in [2.24, 2.45) is 5.73 Å². The summed E-state index contributed by atoms with van der Waals surface area (Å²) in [5.74, 6) is 1.68. The maximum Gasteiger partial charge on any atom is 0.152 e. The van der Waals surface area contributed by atoms with E-state index in [1.807, 2.05) is 6.92 Å². The van der Waals surface area contributed by atoms with E-state index in [9.17, 15) is 0 Å². The number of hydrogen-bond acceptors (Lipinski definition) is 3. The minimum atomic E-state index is 0.199. The molecule has 1 atom stereocenters. The third kappa shape index (κ3) is 2.62. The lowest BCUT2D eigenvalue weighted by molar-refractivity contribution is 0.586. The Morgan fingerprint density at radius 3 is 2.83 bits per heavy atom. The first kappa shape index (κ1) is 9.19. The van der Waals surface area contributed by atoms with Gasteiger partial charge in [0.2, 0.25) is 0 Å². The van der Waals surface area contributed by atoms with Gasteiger partial charge in [-0.3, -0.25) is 5.10 Å². The summed E-state index contributed by atoms with van der Waals surface area (Å²) in [5.41, 5.74) is 5.83. The summed E-state index contributed by atoms with van der Waals surface area (Å²) >= 11 is 0. The second-order valence-corrected chi connectivity index (χ2v) is 3.09. The molecule has 0 fully saturated rings. The van der Waals surface area contributed by atoms with Crippen LogP contribution >= 0.6 is 0 Å². The number of hydrogen-bond donors (Lipinski definition) is 2. The van der Waals surface area contributed by atoms with E-state index in [1.165, 1.54) is 0 Å². The smallest absolute Gasteiger partial charge is 0.152 e. The second-order valence-electron chi connectivity index (χ2n) is 3.09. The minimum absolute atomic E-state index is 0.199. The summed E-state index contributed by atoms with van der Waals surface area (Å²) in [6, 6.07) is 0.199. The van der Waals surface area contributed by atoms with E-state index in [0.29, 0.717) is 0 Å². The monoisotopic (exact) mass is 168 g/mol. The number of aromatic nitrogens is 3. The summed E-state index contributed by atoms with van der Waals surface area (Å²) in [6.45, 7) is 4.02. The molecule has 0 radical (unpaired) electrons. The van der Waals surface area contributed by atoms with Gasteiger partial charge in [0.15, 0.2) is 5.82 Å². The molecule has 1 aromatic heterocycles. The van der Waals surface area contributed by atoms with Crippen LogP contribution in [0.2, 0.25) is 0 Å². The normalized spacial score (nSPS) is 13.2. The van der Waals surface area contributed by atoms with Crippen molar-refractivity contribution < 1.29 is 0 Å². The molecule has 12 heavy (non-hydrogen) atoms. The number of H-pyrrole nitrogens is 1. The Bertz CT molecular complexity index is 231. The molecular formula is C8H16N4. The SMILES string of the molecule is CCCC(N)Cc1n[nH]c(C)n1. The van der Waals surface area contributed by atoms with Crippen LogP contribution in [0.15, 0.2) is 0 Å². The van der Waals surface area contributed by atoms with Gasteiger partial charge in [-0.05, 0) is 13.3 Å². The molecule has 4 heteroatoms. The highest BCUT2D eigenvalue weighted by atomic mass is 15.2. The van der Waals surface area contributed by atoms with Gasteiger partial charge in [-0.1, -0.05) is 13.3 Å². The predicted molar refractivity (Wildman–Crippen MR) is 47.7 cm³/mol. The van der Waals surface area contributed by atoms with E-state index in [0.717, 1.165) is 30.9 Å². The molecule has 1 heterocycles. The van der Waals surface area contributed by atoms with Gasteiger partial charge in [0.25, 0.3) is 0 Å². The maximum atomic E-state index is 5.83. The molecule has 1 unspecified atom stereocenters. The van der Waals surface area contributed by atoms with Crippen LogP contribution in [0.3, 0.4) is 0 Å². The zero-order valence-electron chi connectivity index (χ0n) is 7.67. The van der Waals surface area contributed by atoms with Crippen LogP contribution in [-0.4, -0.2) is 21.2 Å². The predicted octanol–water partition coefficient (Wildman–Crippen LogP) is 0.783. The Labute approximate surface area is 72.6 Å². The molecule has 68 valence electrons. The van der Waals surface area contributed by atoms with Crippen LogP contribution in [0.4, 0.5) is 0 Å². The number of nitrogens with zero attached hydrogens (tertiary/aromatic N) is 2. The van der Waals surface area contributed by atoms with Crippen molar-refractivity contribution in [1.29, 1.82) is 0 Å². The Hall–Kier alpha value is -0.900. The van der Waals surface area contributed by atoms with Crippen molar-refractivity contribution in [2.75, 3.05) is 0 Å². The molecule has 0 aliphatic rings. The molecule has 4 nitrogen and oxygen atoms in total. The molecule has 0 saturated heterocycles. The standard InChI is InChI=1S/C8H16N4/c1-3-4-7(9)5-8-10-6(2)11-12-8/h7H,3-5,9H2,1-2H3,(H,10,11,12). The highest BCUT2D eigenvalue weighted by Crippen LogP contribution is 2.00. The number of rotatable bonds is 4. The zero-order chi connectivity index (χ0) is 8.97. The van der Waals surface area contributed by atoms with Gasteiger partial charge in [-0.2, -0.15) is 5.10 Å². The molecule has 1 aromatic rings. The van der Waals surface area contributed by atoms with Gasteiger partial charge >= 0.3 is 0 Å². The number of aromatic amines is 1.